The van der Waals surface area contributed by atoms with Crippen molar-refractivity contribution in [2.75, 3.05) is 20.8 Å². The Morgan fingerprint density at radius 2 is 1.85 bits per heavy atom. The molecule has 1 N–H and O–H groups in total. The zero-order chi connectivity index (χ0) is 18.5. The van der Waals surface area contributed by atoms with E-state index >= 15 is 0 Å². The fraction of sp³-hybridized carbons (Fsp3) is 0.381. The van der Waals surface area contributed by atoms with Gasteiger partial charge < -0.3 is 14.8 Å². The SMILES string of the molecule is COc1ccc(CNC(=O)[C@H](C)N2CCc3ccccc3C2)cc1OC. The van der Waals surface area contributed by atoms with Crippen LogP contribution in [0.3, 0.4) is 0 Å². The van der Waals surface area contributed by atoms with Gasteiger partial charge in [-0.2, -0.15) is 0 Å². The molecule has 0 bridgehead atoms. The predicted octanol–water partition coefficient (Wildman–Crippen LogP) is 2.77. The van der Waals surface area contributed by atoms with Crippen LogP contribution in [0.2, 0.25) is 0 Å². The second kappa shape index (κ2) is 8.23. The number of fused-ring (bicyclic) bond motifs is 1. The fourth-order valence-corrected chi connectivity index (χ4v) is 3.34. The first kappa shape index (κ1) is 18.3. The molecule has 138 valence electrons. The number of hydrogen-bond acceptors (Lipinski definition) is 4. The van der Waals surface area contributed by atoms with Gasteiger partial charge >= 0.3 is 0 Å². The summed E-state index contributed by atoms with van der Waals surface area (Å²) >= 11 is 0. The van der Waals surface area contributed by atoms with Gasteiger partial charge in [0.25, 0.3) is 0 Å². The minimum atomic E-state index is -0.163. The minimum absolute atomic E-state index is 0.0409. The summed E-state index contributed by atoms with van der Waals surface area (Å²) in [5.41, 5.74) is 3.69. The Labute approximate surface area is 154 Å². The summed E-state index contributed by atoms with van der Waals surface area (Å²) < 4.78 is 10.6. The first-order chi connectivity index (χ1) is 12.6. The van der Waals surface area contributed by atoms with E-state index in [0.717, 1.165) is 25.1 Å². The van der Waals surface area contributed by atoms with Crippen LogP contribution >= 0.6 is 0 Å². The number of methoxy groups -OCH3 is 2. The molecule has 1 amide bonds. The molecular formula is C21H26N2O3. The molecule has 0 fully saturated rings. The maximum absolute atomic E-state index is 12.6. The van der Waals surface area contributed by atoms with Gasteiger partial charge in [0.1, 0.15) is 0 Å². The number of carbonyl (C=O) groups excluding carboxylic acids is 1. The molecule has 0 saturated heterocycles. The second-order valence-corrected chi connectivity index (χ2v) is 6.57. The highest BCUT2D eigenvalue weighted by atomic mass is 16.5. The standard InChI is InChI=1S/C21H26N2O3/c1-15(23-11-10-17-6-4-5-7-18(17)14-23)21(24)22-13-16-8-9-19(25-2)20(12-16)26-3/h4-9,12,15H,10-11,13-14H2,1-3H3,(H,22,24)/t15-/m0/s1. The van der Waals surface area contributed by atoms with Crippen molar-refractivity contribution in [3.8, 4) is 11.5 Å². The van der Waals surface area contributed by atoms with Gasteiger partial charge in [0.05, 0.1) is 20.3 Å². The van der Waals surface area contributed by atoms with Crippen LogP contribution < -0.4 is 14.8 Å². The number of amides is 1. The number of nitrogens with one attached hydrogen (secondary N) is 1. The molecule has 2 aromatic carbocycles. The molecule has 5 nitrogen and oxygen atoms in total. The molecule has 0 aromatic heterocycles. The predicted molar refractivity (Wildman–Crippen MR) is 101 cm³/mol. The van der Waals surface area contributed by atoms with Crippen LogP contribution in [0.25, 0.3) is 0 Å². The van der Waals surface area contributed by atoms with Crippen LogP contribution in [0, 0.1) is 0 Å². The molecule has 0 spiro atoms. The molecule has 2 aromatic rings. The molecule has 3 rings (SSSR count). The third kappa shape index (κ3) is 3.99. The quantitative estimate of drug-likeness (QED) is 0.867. The highest BCUT2D eigenvalue weighted by Crippen LogP contribution is 2.27. The van der Waals surface area contributed by atoms with Crippen LogP contribution in [-0.2, 0) is 24.3 Å². The fourth-order valence-electron chi connectivity index (χ4n) is 3.34. The summed E-state index contributed by atoms with van der Waals surface area (Å²) in [6, 6.07) is 14.0. The van der Waals surface area contributed by atoms with E-state index in [1.807, 2.05) is 25.1 Å². The van der Waals surface area contributed by atoms with E-state index in [2.05, 4.69) is 34.5 Å². The second-order valence-electron chi connectivity index (χ2n) is 6.57. The Morgan fingerprint density at radius 1 is 1.12 bits per heavy atom. The van der Waals surface area contributed by atoms with Gasteiger partial charge in [0.2, 0.25) is 5.91 Å². The Kier molecular flexibility index (Phi) is 5.78. The Bertz CT molecular complexity index is 776. The van der Waals surface area contributed by atoms with Crippen molar-refractivity contribution in [3.63, 3.8) is 0 Å². The molecule has 1 atom stereocenters. The van der Waals surface area contributed by atoms with Crippen molar-refractivity contribution in [1.82, 2.24) is 10.2 Å². The number of carbonyl (C=O) groups is 1. The van der Waals surface area contributed by atoms with Crippen molar-refractivity contribution in [2.24, 2.45) is 0 Å². The molecule has 26 heavy (non-hydrogen) atoms. The Morgan fingerprint density at radius 3 is 2.58 bits per heavy atom. The topological polar surface area (TPSA) is 50.8 Å². The van der Waals surface area contributed by atoms with Crippen molar-refractivity contribution in [3.05, 3.63) is 59.2 Å². The van der Waals surface area contributed by atoms with Gasteiger partial charge in [0, 0.05) is 19.6 Å². The van der Waals surface area contributed by atoms with E-state index in [9.17, 15) is 4.79 Å². The molecule has 1 aliphatic heterocycles. The number of ether oxygens (including phenoxy) is 2. The van der Waals surface area contributed by atoms with E-state index in [1.165, 1.54) is 11.1 Å². The molecular weight excluding hydrogens is 328 g/mol. The van der Waals surface area contributed by atoms with Gasteiger partial charge in [-0.05, 0) is 42.2 Å². The molecule has 0 radical (unpaired) electrons. The van der Waals surface area contributed by atoms with Crippen LogP contribution in [-0.4, -0.2) is 37.6 Å². The summed E-state index contributed by atoms with van der Waals surface area (Å²) in [4.78, 5) is 14.8. The summed E-state index contributed by atoms with van der Waals surface area (Å²) in [5.74, 6) is 1.39. The van der Waals surface area contributed by atoms with E-state index in [0.29, 0.717) is 18.0 Å². The lowest BCUT2D eigenvalue weighted by atomic mass is 9.99. The monoisotopic (exact) mass is 354 g/mol. The van der Waals surface area contributed by atoms with Crippen LogP contribution in [0.1, 0.15) is 23.6 Å². The molecule has 1 heterocycles. The molecule has 0 unspecified atom stereocenters. The third-order valence-electron chi connectivity index (χ3n) is 5.00. The first-order valence-corrected chi connectivity index (χ1v) is 8.92. The van der Waals surface area contributed by atoms with Gasteiger partial charge in [-0.3, -0.25) is 9.69 Å². The molecule has 5 heteroatoms. The summed E-state index contributed by atoms with van der Waals surface area (Å²) in [6.45, 7) is 4.16. The highest BCUT2D eigenvalue weighted by Gasteiger charge is 2.25. The Balaban J connectivity index is 1.58. The van der Waals surface area contributed by atoms with E-state index < -0.39 is 0 Å². The Hall–Kier alpha value is -2.53. The summed E-state index contributed by atoms with van der Waals surface area (Å²) in [6.07, 6.45) is 0.990. The molecule has 0 aliphatic carbocycles. The van der Waals surface area contributed by atoms with E-state index in [4.69, 9.17) is 9.47 Å². The average Bonchev–Trinajstić information content (AvgIpc) is 2.70. The number of hydrogen-bond donors (Lipinski definition) is 1. The smallest absolute Gasteiger partial charge is 0.237 e. The lowest BCUT2D eigenvalue weighted by Gasteiger charge is -2.32. The van der Waals surface area contributed by atoms with Crippen LogP contribution in [0.5, 0.6) is 11.5 Å². The van der Waals surface area contributed by atoms with E-state index in [-0.39, 0.29) is 11.9 Å². The summed E-state index contributed by atoms with van der Waals surface area (Å²) in [7, 11) is 3.22. The average molecular weight is 354 g/mol. The molecule has 1 aliphatic rings. The maximum atomic E-state index is 12.6. The van der Waals surface area contributed by atoms with Crippen molar-refractivity contribution in [1.29, 1.82) is 0 Å². The normalized spacial score (nSPS) is 15.0. The van der Waals surface area contributed by atoms with Gasteiger partial charge in [0.15, 0.2) is 11.5 Å². The van der Waals surface area contributed by atoms with Gasteiger partial charge in [-0.15, -0.1) is 0 Å². The van der Waals surface area contributed by atoms with E-state index in [1.54, 1.807) is 14.2 Å². The zero-order valence-corrected chi connectivity index (χ0v) is 15.6. The van der Waals surface area contributed by atoms with Crippen molar-refractivity contribution >= 4 is 5.91 Å². The number of nitrogens with zero attached hydrogens (tertiary/aromatic N) is 1. The molecule has 0 saturated carbocycles. The number of benzene rings is 2. The van der Waals surface area contributed by atoms with Gasteiger partial charge in [-0.1, -0.05) is 30.3 Å². The van der Waals surface area contributed by atoms with Crippen LogP contribution in [0.4, 0.5) is 0 Å². The number of rotatable bonds is 6. The highest BCUT2D eigenvalue weighted by molar-refractivity contribution is 5.81. The van der Waals surface area contributed by atoms with Crippen LogP contribution in [0.15, 0.2) is 42.5 Å². The zero-order valence-electron chi connectivity index (χ0n) is 15.6. The maximum Gasteiger partial charge on any atom is 0.237 e. The third-order valence-corrected chi connectivity index (χ3v) is 5.00. The van der Waals surface area contributed by atoms with Crippen molar-refractivity contribution in [2.45, 2.75) is 32.5 Å². The lowest BCUT2D eigenvalue weighted by molar-refractivity contribution is -0.126. The van der Waals surface area contributed by atoms with Crippen molar-refractivity contribution < 1.29 is 14.3 Å². The summed E-state index contributed by atoms with van der Waals surface area (Å²) in [5, 5.41) is 3.03. The lowest BCUT2D eigenvalue weighted by Crippen LogP contribution is -2.46. The van der Waals surface area contributed by atoms with Gasteiger partial charge in [-0.25, -0.2) is 0 Å². The first-order valence-electron chi connectivity index (χ1n) is 8.92. The minimum Gasteiger partial charge on any atom is -0.493 e. The largest absolute Gasteiger partial charge is 0.493 e.